The number of unbranched alkanes of at least 4 members (excludes halogenated alkanes) is 1. The van der Waals surface area contributed by atoms with Crippen molar-refractivity contribution in [3.63, 3.8) is 0 Å². The maximum absolute atomic E-state index is 12.4. The van der Waals surface area contributed by atoms with E-state index in [9.17, 15) is 9.36 Å². The van der Waals surface area contributed by atoms with Crippen molar-refractivity contribution in [1.29, 1.82) is 0 Å². The molecule has 0 radical (unpaired) electrons. The topological polar surface area (TPSA) is 153 Å². The second kappa shape index (κ2) is 13.3. The third kappa shape index (κ3) is 8.47. The first-order valence-corrected chi connectivity index (χ1v) is 15.7. The van der Waals surface area contributed by atoms with Gasteiger partial charge in [0.15, 0.2) is 0 Å². The second-order valence-electron chi connectivity index (χ2n) is 8.14. The van der Waals surface area contributed by atoms with Gasteiger partial charge in [-0.1, -0.05) is 0 Å². The number of aromatic nitrogens is 3. The molecular formula is C25H25AsClN4O7P. The van der Waals surface area contributed by atoms with Crippen LogP contribution in [0, 0.1) is 0 Å². The number of carbonyl (C=O) groups is 1. The molecule has 1 unspecified atom stereocenters. The van der Waals surface area contributed by atoms with Gasteiger partial charge in [0.1, 0.15) is 0 Å². The van der Waals surface area contributed by atoms with E-state index in [4.69, 9.17) is 30.9 Å². The number of halogens is 1. The number of amides is 1. The van der Waals surface area contributed by atoms with Crippen LogP contribution in [0.1, 0.15) is 23.2 Å². The summed E-state index contributed by atoms with van der Waals surface area (Å²) >= 11 is 5.07. The molecular weight excluding hydrogens is 610 g/mol. The van der Waals surface area contributed by atoms with Crippen molar-refractivity contribution in [3.05, 3.63) is 71.6 Å². The van der Waals surface area contributed by atoms with Gasteiger partial charge < -0.3 is 9.79 Å². The number of rotatable bonds is 12. The molecule has 0 aliphatic heterocycles. The Labute approximate surface area is 235 Å². The minimum absolute atomic E-state index is 0.0622. The number of hydrogen-bond acceptors (Lipinski definition) is 8. The first-order valence-electron chi connectivity index (χ1n) is 11.7. The summed E-state index contributed by atoms with van der Waals surface area (Å²) < 4.78 is 28.4. The molecule has 0 fully saturated rings. The van der Waals surface area contributed by atoms with Gasteiger partial charge in [-0.05, 0) is 0 Å². The Morgan fingerprint density at radius 3 is 2.59 bits per heavy atom. The Morgan fingerprint density at radius 1 is 1.05 bits per heavy atom. The Balaban J connectivity index is 1.41. The SMILES string of the molecule is COc1cc2c([AsH]c3ccc(NC(=O)c4cccc(Cl)c4)nc3)ncnc2cc1OCCCCOP(=O)(O)O. The normalized spacial score (nSPS) is 11.7. The average molecular weight is 635 g/mol. The number of phosphoric ester groups is 1. The minimum Gasteiger partial charge on any atom is -0.303 e. The number of anilines is 1. The van der Waals surface area contributed by atoms with Crippen LogP contribution >= 0.6 is 19.4 Å². The van der Waals surface area contributed by atoms with Gasteiger partial charge in [-0.3, -0.25) is 0 Å². The van der Waals surface area contributed by atoms with E-state index in [1.165, 1.54) is 6.33 Å². The predicted molar refractivity (Wildman–Crippen MR) is 149 cm³/mol. The third-order valence-corrected chi connectivity index (χ3v) is 8.64. The molecule has 11 nitrogen and oxygen atoms in total. The number of ether oxygens (including phenoxy) is 2. The van der Waals surface area contributed by atoms with Crippen LogP contribution in [0.5, 0.6) is 11.5 Å². The van der Waals surface area contributed by atoms with E-state index in [-0.39, 0.29) is 12.5 Å². The summed E-state index contributed by atoms with van der Waals surface area (Å²) in [6, 6.07) is 14.0. The Morgan fingerprint density at radius 2 is 1.87 bits per heavy atom. The van der Waals surface area contributed by atoms with Gasteiger partial charge >= 0.3 is 222 Å². The number of carbonyl (C=O) groups excluding carboxylic acids is 1. The van der Waals surface area contributed by atoms with Crippen LogP contribution in [0.3, 0.4) is 0 Å². The first kappa shape index (κ1) is 29.0. The third-order valence-electron chi connectivity index (χ3n) is 5.33. The van der Waals surface area contributed by atoms with Crippen LogP contribution < -0.4 is 23.6 Å². The Hall–Kier alpha value is -3.04. The Kier molecular flexibility index (Phi) is 9.91. The summed E-state index contributed by atoms with van der Waals surface area (Å²) in [6.07, 6.45) is 4.19. The van der Waals surface area contributed by atoms with Crippen molar-refractivity contribution >= 4 is 66.6 Å². The van der Waals surface area contributed by atoms with Gasteiger partial charge in [0.05, 0.1) is 0 Å². The van der Waals surface area contributed by atoms with Crippen LogP contribution in [-0.2, 0) is 9.09 Å². The molecule has 14 heteroatoms. The van der Waals surface area contributed by atoms with Crippen LogP contribution in [-0.4, -0.2) is 66.7 Å². The van der Waals surface area contributed by atoms with E-state index in [0.717, 1.165) is 14.2 Å². The Bertz CT molecular complexity index is 1500. The summed E-state index contributed by atoms with van der Waals surface area (Å²) in [7, 11) is -2.92. The van der Waals surface area contributed by atoms with Crippen molar-refractivity contribution in [3.8, 4) is 11.5 Å². The molecule has 2 aromatic carbocycles. The van der Waals surface area contributed by atoms with E-state index in [0.29, 0.717) is 52.9 Å². The maximum atomic E-state index is 12.4. The first-order chi connectivity index (χ1) is 18.7. The van der Waals surface area contributed by atoms with Gasteiger partial charge in [-0.2, -0.15) is 0 Å². The van der Waals surface area contributed by atoms with Crippen molar-refractivity contribution in [1.82, 2.24) is 15.0 Å². The molecule has 3 N–H and O–H groups in total. The summed E-state index contributed by atoms with van der Waals surface area (Å²) in [6.45, 7) is 0.247. The van der Waals surface area contributed by atoms with Crippen molar-refractivity contribution in [2.45, 2.75) is 12.8 Å². The van der Waals surface area contributed by atoms with Gasteiger partial charge in [-0.25, -0.2) is 4.57 Å². The fraction of sp³-hybridized carbons (Fsp3) is 0.200. The number of benzene rings is 2. The fourth-order valence-electron chi connectivity index (χ4n) is 3.50. The number of phosphoric acid groups is 1. The molecule has 204 valence electrons. The molecule has 0 saturated heterocycles. The molecule has 0 bridgehead atoms. The van der Waals surface area contributed by atoms with Crippen molar-refractivity contribution in [2.75, 3.05) is 25.6 Å². The van der Waals surface area contributed by atoms with E-state index >= 15 is 0 Å². The zero-order chi connectivity index (χ0) is 27.8. The standard InChI is InChI=1S/C25H25AsClN4O7P/c1-36-21-12-19-20(13-22(21)37-9-2-3-10-38-39(33,34)35)29-15-30-24(19)26-17-7-8-23(28-14-17)31-25(32)16-5-4-6-18(27)11-16/h4-8,11-15,26H,2-3,9-10H2,1H3,(H,28,31,32)(H2,33,34,35). The molecule has 4 aromatic rings. The summed E-state index contributed by atoms with van der Waals surface area (Å²) in [4.78, 5) is 43.2. The van der Waals surface area contributed by atoms with E-state index in [1.807, 2.05) is 12.1 Å². The van der Waals surface area contributed by atoms with E-state index < -0.39 is 23.6 Å². The summed E-state index contributed by atoms with van der Waals surface area (Å²) in [5.74, 6) is 1.16. The van der Waals surface area contributed by atoms with Gasteiger partial charge in [0, 0.05) is 0 Å². The smallest absolute Gasteiger partial charge is 0.303 e. The van der Waals surface area contributed by atoms with E-state index in [2.05, 4.69) is 24.8 Å². The number of methoxy groups -OCH3 is 1. The van der Waals surface area contributed by atoms with Crippen molar-refractivity contribution in [2.24, 2.45) is 0 Å². The molecule has 2 aromatic heterocycles. The number of hydrogen-bond donors (Lipinski definition) is 3. The predicted octanol–water partition coefficient (Wildman–Crippen LogP) is 2.59. The number of pyridine rings is 1. The molecule has 4 rings (SSSR count). The number of nitrogens with one attached hydrogen (secondary N) is 1. The minimum atomic E-state index is -4.46. The average Bonchev–Trinajstić information content (AvgIpc) is 2.91. The van der Waals surface area contributed by atoms with Crippen molar-refractivity contribution < 1.29 is 33.1 Å². The molecule has 0 saturated carbocycles. The second-order valence-corrected chi connectivity index (χ2v) is 12.5. The summed E-state index contributed by atoms with van der Waals surface area (Å²) in [5, 5.41) is 4.09. The zero-order valence-corrected chi connectivity index (χ0v) is 24.5. The molecule has 0 aliphatic carbocycles. The molecule has 1 atom stereocenters. The van der Waals surface area contributed by atoms with Gasteiger partial charge in [0.25, 0.3) is 0 Å². The van der Waals surface area contributed by atoms with Crippen LogP contribution in [0.4, 0.5) is 5.82 Å². The molecule has 2 heterocycles. The van der Waals surface area contributed by atoms with Gasteiger partial charge in [0.2, 0.25) is 0 Å². The quantitative estimate of drug-likeness (QED) is 0.120. The molecule has 0 spiro atoms. The van der Waals surface area contributed by atoms with Crippen LogP contribution in [0.2, 0.25) is 5.02 Å². The summed E-state index contributed by atoms with van der Waals surface area (Å²) in [5.41, 5.74) is 1.14. The van der Waals surface area contributed by atoms with Gasteiger partial charge in [-0.15, -0.1) is 0 Å². The monoisotopic (exact) mass is 634 g/mol. The van der Waals surface area contributed by atoms with E-state index in [1.54, 1.807) is 49.7 Å². The molecule has 1 amide bonds. The fourth-order valence-corrected chi connectivity index (χ4v) is 6.21. The number of nitrogens with zero attached hydrogens (tertiary/aromatic N) is 3. The van der Waals surface area contributed by atoms with Crippen LogP contribution in [0.25, 0.3) is 10.9 Å². The number of fused-ring (bicyclic) bond motifs is 1. The molecule has 39 heavy (non-hydrogen) atoms. The van der Waals surface area contributed by atoms with Crippen LogP contribution in [0.15, 0.2) is 61.1 Å². The zero-order valence-electron chi connectivity index (χ0n) is 20.7. The molecule has 0 aliphatic rings.